The first-order chi connectivity index (χ1) is 13.2. The number of aromatic nitrogens is 1. The summed E-state index contributed by atoms with van der Waals surface area (Å²) in [6.07, 6.45) is 5.85. The molecule has 1 aliphatic heterocycles. The van der Waals surface area contributed by atoms with Crippen molar-refractivity contribution in [2.45, 2.75) is 37.6 Å². The van der Waals surface area contributed by atoms with Crippen LogP contribution < -0.4 is 10.9 Å². The number of pyridine rings is 1. The minimum Gasteiger partial charge on any atom is -0.379 e. The van der Waals surface area contributed by atoms with Crippen LogP contribution in [0.2, 0.25) is 0 Å². The number of hydrogen-bond acceptors (Lipinski definition) is 4. The molecule has 144 valence electrons. The van der Waals surface area contributed by atoms with Crippen LogP contribution in [0.4, 0.5) is 0 Å². The van der Waals surface area contributed by atoms with Gasteiger partial charge in [0.15, 0.2) is 0 Å². The van der Waals surface area contributed by atoms with Crippen LogP contribution in [-0.4, -0.2) is 54.2 Å². The Morgan fingerprint density at radius 2 is 1.89 bits per heavy atom. The van der Waals surface area contributed by atoms with Gasteiger partial charge in [0.1, 0.15) is 5.69 Å². The molecule has 1 aliphatic carbocycles. The van der Waals surface area contributed by atoms with Crippen molar-refractivity contribution in [3.8, 4) is 0 Å². The largest absolute Gasteiger partial charge is 0.379 e. The van der Waals surface area contributed by atoms with Gasteiger partial charge in [-0.25, -0.2) is 0 Å². The molecule has 1 aromatic carbocycles. The molecule has 0 spiro atoms. The van der Waals surface area contributed by atoms with Crippen molar-refractivity contribution in [3.05, 3.63) is 46.4 Å². The molecule has 0 atom stereocenters. The third kappa shape index (κ3) is 3.77. The van der Waals surface area contributed by atoms with E-state index in [9.17, 15) is 9.59 Å². The number of H-pyrrole nitrogens is 1. The highest BCUT2D eigenvalue weighted by Crippen LogP contribution is 2.33. The molecule has 2 heterocycles. The summed E-state index contributed by atoms with van der Waals surface area (Å²) in [6, 6.07) is 9.09. The Morgan fingerprint density at radius 1 is 1.15 bits per heavy atom. The van der Waals surface area contributed by atoms with Gasteiger partial charge in [0.25, 0.3) is 11.5 Å². The van der Waals surface area contributed by atoms with E-state index in [4.69, 9.17) is 4.74 Å². The topological polar surface area (TPSA) is 74.4 Å². The fourth-order valence-electron chi connectivity index (χ4n) is 4.53. The zero-order chi connectivity index (χ0) is 18.7. The molecule has 0 radical (unpaired) electrons. The molecule has 2 aromatic rings. The summed E-state index contributed by atoms with van der Waals surface area (Å²) in [5, 5.41) is 4.49. The maximum atomic E-state index is 12.8. The summed E-state index contributed by atoms with van der Waals surface area (Å²) < 4.78 is 5.52. The first kappa shape index (κ1) is 18.2. The Bertz CT molecular complexity index is 864. The fourth-order valence-corrected chi connectivity index (χ4v) is 4.53. The number of nitrogens with one attached hydrogen (secondary N) is 2. The lowest BCUT2D eigenvalue weighted by molar-refractivity contribution is -0.0361. The van der Waals surface area contributed by atoms with Gasteiger partial charge in [0, 0.05) is 30.6 Å². The van der Waals surface area contributed by atoms with E-state index in [1.807, 2.05) is 18.2 Å². The number of amides is 1. The normalized spacial score (nSPS) is 20.4. The molecule has 2 fully saturated rings. The number of carbonyl (C=O) groups excluding carboxylic acids is 1. The van der Waals surface area contributed by atoms with Crippen LogP contribution in [0.25, 0.3) is 10.8 Å². The van der Waals surface area contributed by atoms with Crippen LogP contribution in [0.5, 0.6) is 0 Å². The van der Waals surface area contributed by atoms with Crippen LogP contribution in [0.3, 0.4) is 0 Å². The number of ether oxygens (including phenoxy) is 1. The molecule has 1 aromatic heterocycles. The maximum Gasteiger partial charge on any atom is 0.267 e. The molecule has 2 aliphatic rings. The molecule has 6 nitrogen and oxygen atoms in total. The van der Waals surface area contributed by atoms with Gasteiger partial charge in [-0.15, -0.1) is 0 Å². The summed E-state index contributed by atoms with van der Waals surface area (Å²) >= 11 is 0. The van der Waals surface area contributed by atoms with Gasteiger partial charge >= 0.3 is 0 Å². The number of benzene rings is 1. The second kappa shape index (κ2) is 7.82. The summed E-state index contributed by atoms with van der Waals surface area (Å²) in [7, 11) is 0. The summed E-state index contributed by atoms with van der Waals surface area (Å²) in [5.41, 5.74) is 0.111. The van der Waals surface area contributed by atoms with Crippen molar-refractivity contribution in [3.63, 3.8) is 0 Å². The highest BCUT2D eigenvalue weighted by Gasteiger charge is 2.38. The van der Waals surface area contributed by atoms with E-state index >= 15 is 0 Å². The van der Waals surface area contributed by atoms with E-state index in [0.717, 1.165) is 44.5 Å². The second-order valence-corrected chi connectivity index (χ2v) is 7.67. The molecule has 1 saturated heterocycles. The van der Waals surface area contributed by atoms with Crippen LogP contribution in [0.15, 0.2) is 35.1 Å². The highest BCUT2D eigenvalue weighted by molar-refractivity contribution is 5.96. The predicted molar refractivity (Wildman–Crippen MR) is 105 cm³/mol. The van der Waals surface area contributed by atoms with Crippen LogP contribution in [-0.2, 0) is 4.74 Å². The molecular weight excluding hydrogens is 342 g/mol. The molecule has 1 amide bonds. The predicted octanol–water partition coefficient (Wildman–Crippen LogP) is 2.29. The minimum absolute atomic E-state index is 0.00876. The zero-order valence-electron chi connectivity index (χ0n) is 15.6. The Hall–Kier alpha value is -2.18. The van der Waals surface area contributed by atoms with E-state index < -0.39 is 0 Å². The van der Waals surface area contributed by atoms with Gasteiger partial charge in [0.2, 0.25) is 0 Å². The number of rotatable bonds is 4. The molecule has 0 unspecified atom stereocenters. The van der Waals surface area contributed by atoms with Gasteiger partial charge in [-0.05, 0) is 30.4 Å². The number of carbonyl (C=O) groups is 1. The summed E-state index contributed by atoms with van der Waals surface area (Å²) in [5.74, 6) is -0.212. The SMILES string of the molecule is O=C(NCC1(N2CCOCC2)CCCCC1)c1cc2ccccc2c(=O)[nH]1. The lowest BCUT2D eigenvalue weighted by atomic mass is 9.79. The maximum absolute atomic E-state index is 12.8. The van der Waals surface area contributed by atoms with Gasteiger partial charge in [-0.1, -0.05) is 37.5 Å². The van der Waals surface area contributed by atoms with Crippen molar-refractivity contribution in [2.75, 3.05) is 32.8 Å². The lowest BCUT2D eigenvalue weighted by Gasteiger charge is -2.48. The summed E-state index contributed by atoms with van der Waals surface area (Å²) in [6.45, 7) is 3.97. The molecule has 27 heavy (non-hydrogen) atoms. The average molecular weight is 369 g/mol. The first-order valence-electron chi connectivity index (χ1n) is 9.91. The van der Waals surface area contributed by atoms with Crippen LogP contribution in [0.1, 0.15) is 42.6 Å². The van der Waals surface area contributed by atoms with Gasteiger partial charge in [-0.2, -0.15) is 0 Å². The number of aromatic amines is 1. The monoisotopic (exact) mass is 369 g/mol. The van der Waals surface area contributed by atoms with Gasteiger partial charge in [-0.3, -0.25) is 14.5 Å². The van der Waals surface area contributed by atoms with E-state index in [1.54, 1.807) is 12.1 Å². The number of morpholine rings is 1. The Kier molecular flexibility index (Phi) is 5.27. The van der Waals surface area contributed by atoms with E-state index in [-0.39, 0.29) is 17.0 Å². The van der Waals surface area contributed by atoms with Crippen molar-refractivity contribution >= 4 is 16.7 Å². The standard InChI is InChI=1S/C21H27N3O3/c25-19-17-7-3-2-6-16(17)14-18(23-19)20(26)22-15-21(8-4-1-5-9-21)24-10-12-27-13-11-24/h2-3,6-7,14H,1,4-5,8-13,15H2,(H,22,26)(H,23,25). The van der Waals surface area contributed by atoms with Crippen LogP contribution in [0, 0.1) is 0 Å². The number of fused-ring (bicyclic) bond motifs is 1. The Labute approximate surface area is 158 Å². The van der Waals surface area contributed by atoms with Crippen molar-refractivity contribution in [2.24, 2.45) is 0 Å². The third-order valence-electron chi connectivity index (χ3n) is 6.04. The van der Waals surface area contributed by atoms with Crippen molar-refractivity contribution in [1.82, 2.24) is 15.2 Å². The zero-order valence-corrected chi connectivity index (χ0v) is 15.6. The van der Waals surface area contributed by atoms with E-state index in [1.165, 1.54) is 19.3 Å². The molecule has 2 N–H and O–H groups in total. The van der Waals surface area contributed by atoms with Gasteiger partial charge < -0.3 is 15.0 Å². The van der Waals surface area contributed by atoms with Crippen molar-refractivity contribution in [1.29, 1.82) is 0 Å². The second-order valence-electron chi connectivity index (χ2n) is 7.67. The van der Waals surface area contributed by atoms with E-state index in [2.05, 4.69) is 15.2 Å². The lowest BCUT2D eigenvalue weighted by Crippen LogP contribution is -2.59. The molecule has 1 saturated carbocycles. The number of hydrogen-bond donors (Lipinski definition) is 2. The Balaban J connectivity index is 1.52. The van der Waals surface area contributed by atoms with E-state index in [0.29, 0.717) is 17.6 Å². The minimum atomic E-state index is -0.223. The average Bonchev–Trinajstić information content (AvgIpc) is 2.73. The smallest absolute Gasteiger partial charge is 0.267 e. The fraction of sp³-hybridized carbons (Fsp3) is 0.524. The molecular formula is C21H27N3O3. The van der Waals surface area contributed by atoms with Crippen molar-refractivity contribution < 1.29 is 9.53 Å². The Morgan fingerprint density at radius 3 is 2.67 bits per heavy atom. The van der Waals surface area contributed by atoms with Crippen LogP contribution >= 0.6 is 0 Å². The highest BCUT2D eigenvalue weighted by atomic mass is 16.5. The van der Waals surface area contributed by atoms with Gasteiger partial charge in [0.05, 0.1) is 13.2 Å². The third-order valence-corrected chi connectivity index (χ3v) is 6.04. The quantitative estimate of drug-likeness (QED) is 0.867. The number of nitrogens with zero attached hydrogens (tertiary/aromatic N) is 1. The molecule has 6 heteroatoms. The molecule has 4 rings (SSSR count). The summed E-state index contributed by atoms with van der Waals surface area (Å²) in [4.78, 5) is 30.3. The molecule has 0 bridgehead atoms. The first-order valence-corrected chi connectivity index (χ1v) is 9.91.